The van der Waals surface area contributed by atoms with E-state index < -0.39 is 0 Å². The Bertz CT molecular complexity index is 1460. The van der Waals surface area contributed by atoms with Crippen LogP contribution in [0.5, 0.6) is 0 Å². The summed E-state index contributed by atoms with van der Waals surface area (Å²) < 4.78 is 37.6. The molecule has 0 aliphatic rings. The lowest BCUT2D eigenvalue weighted by molar-refractivity contribution is 0.0511. The first-order chi connectivity index (χ1) is 21.5. The van der Waals surface area contributed by atoms with Crippen LogP contribution in [-0.2, 0) is 29.1 Å². The fraction of sp³-hybridized carbons (Fsp3) is 0.290. The Morgan fingerprint density at radius 3 is 1.77 bits per heavy atom. The molecule has 4 aromatic rings. The van der Waals surface area contributed by atoms with Crippen LogP contribution in [0.3, 0.4) is 0 Å². The second-order valence-electron chi connectivity index (χ2n) is 9.59. The van der Waals surface area contributed by atoms with Gasteiger partial charge in [-0.15, -0.1) is 0 Å². The van der Waals surface area contributed by atoms with Crippen molar-refractivity contribution in [2.75, 3.05) is 55.5 Å². The van der Waals surface area contributed by atoms with Gasteiger partial charge in [0.05, 0.1) is 26.4 Å². The first-order valence-electron chi connectivity index (χ1n) is 14.2. The van der Waals surface area contributed by atoms with E-state index in [1.807, 2.05) is 12.1 Å². The molecule has 0 saturated carbocycles. The van der Waals surface area contributed by atoms with E-state index in [0.717, 1.165) is 16.7 Å². The summed E-state index contributed by atoms with van der Waals surface area (Å²) in [7, 11) is 0. The van der Waals surface area contributed by atoms with Gasteiger partial charge in [-0.1, -0.05) is 36.4 Å². The van der Waals surface area contributed by atoms with Crippen molar-refractivity contribution in [2.45, 2.75) is 19.6 Å². The molecule has 0 spiro atoms. The SMILES string of the molecule is NCCOCCOCCNC(=O)c1ccc(CNc2nc(NCc3ccc(F)cc3)nc(NCc3cccc(F)c3)n2)cc1. The minimum atomic E-state index is -0.332. The Morgan fingerprint density at radius 2 is 1.20 bits per heavy atom. The van der Waals surface area contributed by atoms with Crippen LogP contribution in [0.2, 0.25) is 0 Å². The number of benzene rings is 3. The maximum atomic E-state index is 13.6. The summed E-state index contributed by atoms with van der Waals surface area (Å²) in [6.45, 7) is 3.68. The van der Waals surface area contributed by atoms with Gasteiger partial charge in [-0.3, -0.25) is 4.79 Å². The van der Waals surface area contributed by atoms with Gasteiger partial charge in [0.15, 0.2) is 0 Å². The van der Waals surface area contributed by atoms with Gasteiger partial charge in [-0.25, -0.2) is 8.78 Å². The average molecular weight is 607 g/mol. The minimum absolute atomic E-state index is 0.198. The van der Waals surface area contributed by atoms with Crippen LogP contribution >= 0.6 is 0 Å². The number of anilines is 3. The van der Waals surface area contributed by atoms with Crippen molar-refractivity contribution >= 4 is 23.8 Å². The van der Waals surface area contributed by atoms with Crippen LogP contribution in [0.25, 0.3) is 0 Å². The van der Waals surface area contributed by atoms with E-state index in [1.165, 1.54) is 24.3 Å². The van der Waals surface area contributed by atoms with Crippen molar-refractivity contribution in [1.82, 2.24) is 20.3 Å². The molecule has 3 aromatic carbocycles. The quantitative estimate of drug-likeness (QED) is 0.106. The van der Waals surface area contributed by atoms with Crippen LogP contribution < -0.4 is 27.0 Å². The van der Waals surface area contributed by atoms with E-state index in [0.29, 0.717) is 76.6 Å². The summed E-state index contributed by atoms with van der Waals surface area (Å²) in [6, 6.07) is 19.5. The molecule has 4 rings (SSSR count). The van der Waals surface area contributed by atoms with Gasteiger partial charge in [0.2, 0.25) is 17.8 Å². The number of halogens is 2. The highest BCUT2D eigenvalue weighted by atomic mass is 19.1. The van der Waals surface area contributed by atoms with Crippen molar-refractivity contribution in [3.8, 4) is 0 Å². The number of ether oxygens (including phenoxy) is 2. The molecule has 44 heavy (non-hydrogen) atoms. The molecule has 0 fully saturated rings. The molecule has 13 heteroatoms. The summed E-state index contributed by atoms with van der Waals surface area (Å²) in [5, 5.41) is 12.2. The zero-order valence-corrected chi connectivity index (χ0v) is 24.2. The number of nitrogens with two attached hydrogens (primary N) is 1. The van der Waals surface area contributed by atoms with Crippen molar-refractivity contribution in [3.63, 3.8) is 0 Å². The van der Waals surface area contributed by atoms with Gasteiger partial charge < -0.3 is 36.5 Å². The largest absolute Gasteiger partial charge is 0.378 e. The van der Waals surface area contributed by atoms with Crippen LogP contribution in [0, 0.1) is 11.6 Å². The summed E-state index contributed by atoms with van der Waals surface area (Å²) in [4.78, 5) is 25.8. The van der Waals surface area contributed by atoms with Crippen LogP contribution in [-0.4, -0.2) is 60.4 Å². The Hall–Kier alpha value is -4.72. The Labute approximate surface area is 254 Å². The van der Waals surface area contributed by atoms with E-state index >= 15 is 0 Å². The lowest BCUT2D eigenvalue weighted by atomic mass is 10.1. The lowest BCUT2D eigenvalue weighted by Crippen LogP contribution is -2.27. The molecule has 6 N–H and O–H groups in total. The summed E-state index contributed by atoms with van der Waals surface area (Å²) >= 11 is 0. The maximum absolute atomic E-state index is 13.6. The number of hydrogen-bond acceptors (Lipinski definition) is 10. The molecule has 0 saturated heterocycles. The maximum Gasteiger partial charge on any atom is 0.251 e. The van der Waals surface area contributed by atoms with Crippen LogP contribution in [0.4, 0.5) is 26.6 Å². The topological polar surface area (TPSA) is 148 Å². The van der Waals surface area contributed by atoms with E-state index in [9.17, 15) is 13.6 Å². The van der Waals surface area contributed by atoms with E-state index in [1.54, 1.807) is 36.4 Å². The van der Waals surface area contributed by atoms with Gasteiger partial charge in [0, 0.05) is 38.3 Å². The second kappa shape index (κ2) is 17.4. The Morgan fingerprint density at radius 1 is 0.659 bits per heavy atom. The van der Waals surface area contributed by atoms with E-state index in [2.05, 4.69) is 36.2 Å². The summed E-state index contributed by atoms with van der Waals surface area (Å²) in [5.74, 6) is 0.0416. The third kappa shape index (κ3) is 11.2. The van der Waals surface area contributed by atoms with Gasteiger partial charge in [0.1, 0.15) is 11.6 Å². The number of aromatic nitrogens is 3. The number of rotatable bonds is 18. The lowest BCUT2D eigenvalue weighted by Gasteiger charge is -2.12. The van der Waals surface area contributed by atoms with Gasteiger partial charge in [-0.05, 0) is 53.1 Å². The van der Waals surface area contributed by atoms with Crippen molar-refractivity contribution in [3.05, 3.63) is 107 Å². The third-order valence-corrected chi connectivity index (χ3v) is 6.17. The van der Waals surface area contributed by atoms with Crippen molar-refractivity contribution < 1.29 is 23.0 Å². The van der Waals surface area contributed by atoms with Crippen molar-refractivity contribution in [1.29, 1.82) is 0 Å². The average Bonchev–Trinajstić information content (AvgIpc) is 3.04. The second-order valence-corrected chi connectivity index (χ2v) is 9.59. The molecular weight excluding hydrogens is 570 g/mol. The molecule has 1 heterocycles. The van der Waals surface area contributed by atoms with Crippen molar-refractivity contribution in [2.24, 2.45) is 5.73 Å². The fourth-order valence-electron chi connectivity index (χ4n) is 3.92. The van der Waals surface area contributed by atoms with Gasteiger partial charge in [-0.2, -0.15) is 15.0 Å². The molecule has 0 radical (unpaired) electrons. The number of carbonyl (C=O) groups excluding carboxylic acids is 1. The molecular formula is C31H36F2N8O3. The Balaban J connectivity index is 1.32. The molecule has 232 valence electrons. The predicted octanol–water partition coefficient (Wildman–Crippen LogP) is 3.71. The molecule has 0 aliphatic carbocycles. The Kier molecular flexibility index (Phi) is 12.7. The highest BCUT2D eigenvalue weighted by Gasteiger charge is 2.09. The molecule has 1 amide bonds. The molecule has 11 nitrogen and oxygen atoms in total. The number of amides is 1. The number of nitrogens with zero attached hydrogens (tertiary/aromatic N) is 3. The predicted molar refractivity (Wildman–Crippen MR) is 164 cm³/mol. The number of carbonyl (C=O) groups is 1. The van der Waals surface area contributed by atoms with E-state index in [4.69, 9.17) is 15.2 Å². The zero-order valence-electron chi connectivity index (χ0n) is 24.2. The molecule has 0 atom stereocenters. The molecule has 0 unspecified atom stereocenters. The fourth-order valence-corrected chi connectivity index (χ4v) is 3.92. The highest BCUT2D eigenvalue weighted by Crippen LogP contribution is 2.14. The third-order valence-electron chi connectivity index (χ3n) is 6.17. The molecule has 0 bridgehead atoms. The normalized spacial score (nSPS) is 10.8. The molecule has 0 aliphatic heterocycles. The molecule has 1 aromatic heterocycles. The van der Waals surface area contributed by atoms with Crippen LogP contribution in [0.1, 0.15) is 27.0 Å². The van der Waals surface area contributed by atoms with Gasteiger partial charge in [0.25, 0.3) is 5.91 Å². The number of nitrogens with one attached hydrogen (secondary N) is 4. The van der Waals surface area contributed by atoms with E-state index in [-0.39, 0.29) is 23.5 Å². The monoisotopic (exact) mass is 606 g/mol. The summed E-state index contributed by atoms with van der Waals surface area (Å²) in [5.41, 5.74) is 8.36. The number of hydrogen-bond donors (Lipinski definition) is 5. The zero-order chi connectivity index (χ0) is 31.0. The van der Waals surface area contributed by atoms with Gasteiger partial charge >= 0.3 is 0 Å². The first-order valence-corrected chi connectivity index (χ1v) is 14.2. The minimum Gasteiger partial charge on any atom is -0.378 e. The van der Waals surface area contributed by atoms with Crippen LogP contribution in [0.15, 0.2) is 72.8 Å². The highest BCUT2D eigenvalue weighted by molar-refractivity contribution is 5.94. The first kappa shape index (κ1) is 32.2. The smallest absolute Gasteiger partial charge is 0.251 e. The standard InChI is InChI=1S/C31H36F2N8O3/c32-26-10-6-23(7-11-26)20-37-30-39-29(40-31(41-30)38-21-24-2-1-3-27(33)18-24)36-19-22-4-8-25(9-5-22)28(42)35-13-15-44-17-16-43-14-12-34/h1-11,18H,12-17,19-21,34H2,(H,35,42)(H3,36,37,38,39,40,41). The summed E-state index contributed by atoms with van der Waals surface area (Å²) in [6.07, 6.45) is 0.